The maximum absolute atomic E-state index is 5.96. The van der Waals surface area contributed by atoms with Crippen molar-refractivity contribution in [2.75, 3.05) is 46.1 Å². The molecule has 1 saturated heterocycles. The third-order valence-electron chi connectivity index (χ3n) is 4.66. The predicted octanol–water partition coefficient (Wildman–Crippen LogP) is 4.39. The molecule has 2 atom stereocenters. The lowest BCUT2D eigenvalue weighted by Crippen LogP contribution is -2.40. The van der Waals surface area contributed by atoms with Gasteiger partial charge in [0, 0.05) is 31.6 Å². The van der Waals surface area contributed by atoms with Gasteiger partial charge < -0.3 is 14.2 Å². The number of benzene rings is 1. The Hall–Kier alpha value is -1.18. The Morgan fingerprint density at radius 3 is 2.85 bits per heavy atom. The SMILES string of the molecule is CCOCCOc1ccc(C(C)CN2CCOC(c3csc(Cl)n3)C2)cc1. The Balaban J connectivity index is 1.49. The zero-order valence-corrected chi connectivity index (χ0v) is 17.5. The van der Waals surface area contributed by atoms with Crippen LogP contribution in [0.15, 0.2) is 29.6 Å². The van der Waals surface area contributed by atoms with Crippen molar-refractivity contribution in [3.8, 4) is 5.75 Å². The zero-order valence-electron chi connectivity index (χ0n) is 15.9. The van der Waals surface area contributed by atoms with Crippen LogP contribution in [0.25, 0.3) is 0 Å². The molecule has 1 aromatic heterocycles. The molecule has 0 amide bonds. The monoisotopic (exact) mass is 410 g/mol. The lowest BCUT2D eigenvalue weighted by Gasteiger charge is -2.33. The van der Waals surface area contributed by atoms with Crippen LogP contribution in [0.5, 0.6) is 5.75 Å². The summed E-state index contributed by atoms with van der Waals surface area (Å²) in [5.41, 5.74) is 2.25. The van der Waals surface area contributed by atoms with Crippen LogP contribution in [0.4, 0.5) is 0 Å². The van der Waals surface area contributed by atoms with Crippen molar-refractivity contribution in [1.29, 1.82) is 0 Å². The number of halogens is 1. The molecule has 0 saturated carbocycles. The van der Waals surface area contributed by atoms with Gasteiger partial charge in [0.15, 0.2) is 4.47 Å². The lowest BCUT2D eigenvalue weighted by molar-refractivity contribution is -0.0331. The molecule has 1 aliphatic rings. The number of nitrogens with zero attached hydrogens (tertiary/aromatic N) is 2. The topological polar surface area (TPSA) is 43.8 Å². The fraction of sp³-hybridized carbons (Fsp3) is 0.550. The molecular weight excluding hydrogens is 384 g/mol. The summed E-state index contributed by atoms with van der Waals surface area (Å²) in [6, 6.07) is 8.38. The van der Waals surface area contributed by atoms with Gasteiger partial charge in [0.1, 0.15) is 18.5 Å². The van der Waals surface area contributed by atoms with E-state index in [1.807, 2.05) is 24.4 Å². The first-order valence-electron chi connectivity index (χ1n) is 9.41. The third kappa shape index (κ3) is 6.16. The summed E-state index contributed by atoms with van der Waals surface area (Å²) in [4.78, 5) is 6.80. The minimum absolute atomic E-state index is 0.0100. The van der Waals surface area contributed by atoms with Crippen LogP contribution < -0.4 is 4.74 Å². The molecule has 1 aliphatic heterocycles. The first kappa shape index (κ1) is 20.6. The number of aromatic nitrogens is 1. The molecule has 148 valence electrons. The van der Waals surface area contributed by atoms with Crippen molar-refractivity contribution in [2.45, 2.75) is 25.9 Å². The first-order valence-corrected chi connectivity index (χ1v) is 10.7. The lowest BCUT2D eigenvalue weighted by atomic mass is 10.00. The Kier molecular flexibility index (Phi) is 7.91. The second kappa shape index (κ2) is 10.4. The highest BCUT2D eigenvalue weighted by atomic mass is 35.5. The molecule has 1 fully saturated rings. The second-order valence-corrected chi connectivity index (χ2v) is 8.10. The van der Waals surface area contributed by atoms with Crippen LogP contribution in [0.3, 0.4) is 0 Å². The van der Waals surface area contributed by atoms with E-state index in [0.29, 0.717) is 23.6 Å². The minimum Gasteiger partial charge on any atom is -0.491 e. The van der Waals surface area contributed by atoms with E-state index in [4.69, 9.17) is 25.8 Å². The van der Waals surface area contributed by atoms with Gasteiger partial charge in [0.2, 0.25) is 0 Å². The number of hydrogen-bond acceptors (Lipinski definition) is 6. The summed E-state index contributed by atoms with van der Waals surface area (Å²) in [6.07, 6.45) is 0.0100. The summed E-state index contributed by atoms with van der Waals surface area (Å²) in [5, 5.41) is 1.99. The van der Waals surface area contributed by atoms with Gasteiger partial charge in [-0.05, 0) is 30.5 Å². The van der Waals surface area contributed by atoms with Gasteiger partial charge in [-0.15, -0.1) is 11.3 Å². The van der Waals surface area contributed by atoms with Crippen LogP contribution in [0.2, 0.25) is 4.47 Å². The molecule has 0 spiro atoms. The van der Waals surface area contributed by atoms with Crippen molar-refractivity contribution < 1.29 is 14.2 Å². The second-order valence-electron chi connectivity index (χ2n) is 6.66. The molecule has 27 heavy (non-hydrogen) atoms. The van der Waals surface area contributed by atoms with E-state index < -0.39 is 0 Å². The fourth-order valence-corrected chi connectivity index (χ4v) is 4.02. The molecule has 0 aliphatic carbocycles. The average Bonchev–Trinajstić information content (AvgIpc) is 3.12. The van der Waals surface area contributed by atoms with Crippen LogP contribution in [-0.2, 0) is 9.47 Å². The molecule has 0 radical (unpaired) electrons. The summed E-state index contributed by atoms with van der Waals surface area (Å²) in [6.45, 7) is 9.67. The van der Waals surface area contributed by atoms with E-state index >= 15 is 0 Å². The van der Waals surface area contributed by atoms with Crippen LogP contribution in [-0.4, -0.2) is 55.9 Å². The summed E-state index contributed by atoms with van der Waals surface area (Å²) in [5.74, 6) is 1.32. The van der Waals surface area contributed by atoms with E-state index in [0.717, 1.165) is 44.3 Å². The molecule has 5 nitrogen and oxygen atoms in total. The van der Waals surface area contributed by atoms with Crippen molar-refractivity contribution in [3.05, 3.63) is 45.4 Å². The van der Waals surface area contributed by atoms with Gasteiger partial charge in [0.25, 0.3) is 0 Å². The number of rotatable bonds is 9. The van der Waals surface area contributed by atoms with Crippen LogP contribution in [0, 0.1) is 0 Å². The highest BCUT2D eigenvalue weighted by molar-refractivity contribution is 7.13. The van der Waals surface area contributed by atoms with E-state index in [2.05, 4.69) is 28.9 Å². The van der Waals surface area contributed by atoms with Crippen LogP contribution >= 0.6 is 22.9 Å². The van der Waals surface area contributed by atoms with Gasteiger partial charge in [-0.3, -0.25) is 4.90 Å². The summed E-state index contributed by atoms with van der Waals surface area (Å²) in [7, 11) is 0. The van der Waals surface area contributed by atoms with Gasteiger partial charge in [-0.25, -0.2) is 4.98 Å². The van der Waals surface area contributed by atoms with Crippen molar-refractivity contribution in [2.24, 2.45) is 0 Å². The number of morpholine rings is 1. The molecule has 2 aromatic rings. The summed E-state index contributed by atoms with van der Waals surface area (Å²) >= 11 is 7.42. The Bertz CT molecular complexity index is 695. The Morgan fingerprint density at radius 1 is 1.33 bits per heavy atom. The molecule has 0 N–H and O–H groups in total. The van der Waals surface area contributed by atoms with E-state index in [-0.39, 0.29) is 6.10 Å². The maximum Gasteiger partial charge on any atom is 0.183 e. The highest BCUT2D eigenvalue weighted by Gasteiger charge is 2.25. The van der Waals surface area contributed by atoms with Crippen LogP contribution in [0.1, 0.15) is 37.1 Å². The molecule has 2 heterocycles. The molecular formula is C20H27ClN2O3S. The van der Waals surface area contributed by atoms with E-state index in [9.17, 15) is 0 Å². The average molecular weight is 411 g/mol. The molecule has 1 aromatic carbocycles. The van der Waals surface area contributed by atoms with E-state index in [1.165, 1.54) is 16.9 Å². The largest absolute Gasteiger partial charge is 0.491 e. The highest BCUT2D eigenvalue weighted by Crippen LogP contribution is 2.27. The zero-order chi connectivity index (χ0) is 19.1. The standard InChI is InChI=1S/C20H27ClN2O3S/c1-3-24-10-11-25-17-6-4-16(5-7-17)15(2)12-23-8-9-26-19(13-23)18-14-27-20(21)22-18/h4-7,14-15,19H,3,8-13H2,1-2H3. The molecule has 0 bridgehead atoms. The number of thiazole rings is 1. The predicted molar refractivity (Wildman–Crippen MR) is 109 cm³/mol. The smallest absolute Gasteiger partial charge is 0.183 e. The minimum atomic E-state index is 0.0100. The quantitative estimate of drug-likeness (QED) is 0.573. The number of ether oxygens (including phenoxy) is 3. The van der Waals surface area contributed by atoms with Gasteiger partial charge in [-0.2, -0.15) is 0 Å². The van der Waals surface area contributed by atoms with Crippen molar-refractivity contribution in [1.82, 2.24) is 9.88 Å². The Morgan fingerprint density at radius 2 is 2.15 bits per heavy atom. The number of hydrogen-bond donors (Lipinski definition) is 0. The normalized spacial score (nSPS) is 19.1. The van der Waals surface area contributed by atoms with Crippen molar-refractivity contribution in [3.63, 3.8) is 0 Å². The molecule has 2 unspecified atom stereocenters. The third-order valence-corrected chi connectivity index (χ3v) is 5.65. The van der Waals surface area contributed by atoms with Gasteiger partial charge in [-0.1, -0.05) is 30.7 Å². The van der Waals surface area contributed by atoms with E-state index in [1.54, 1.807) is 0 Å². The van der Waals surface area contributed by atoms with Gasteiger partial charge in [0.05, 0.1) is 18.9 Å². The molecule has 3 rings (SSSR count). The van der Waals surface area contributed by atoms with Gasteiger partial charge >= 0.3 is 0 Å². The summed E-state index contributed by atoms with van der Waals surface area (Å²) < 4.78 is 17.4. The first-order chi connectivity index (χ1) is 13.2. The Labute approximate surface area is 170 Å². The fourth-order valence-electron chi connectivity index (χ4n) is 3.21. The van der Waals surface area contributed by atoms with Crippen molar-refractivity contribution >= 4 is 22.9 Å². The maximum atomic E-state index is 5.96. The molecule has 7 heteroatoms.